The molecule has 4 nitrogen and oxygen atoms in total. The molecule has 1 N–H and O–H groups in total. The van der Waals surface area contributed by atoms with E-state index in [2.05, 4.69) is 19.2 Å². The number of hydrogen-bond donors (Lipinski definition) is 1. The molecule has 2 aromatic rings. The van der Waals surface area contributed by atoms with Gasteiger partial charge in [-0.25, -0.2) is 0 Å². The minimum absolute atomic E-state index is 0.00186. The summed E-state index contributed by atoms with van der Waals surface area (Å²) < 4.78 is 10.8. The molecular formula is C21H27NO3. The Balaban J connectivity index is 1.98. The molecule has 0 aromatic heterocycles. The number of amides is 1. The van der Waals surface area contributed by atoms with Crippen molar-refractivity contribution in [3.05, 3.63) is 59.2 Å². The number of nitrogens with one attached hydrogen (secondary N) is 1. The Morgan fingerprint density at radius 3 is 2.20 bits per heavy atom. The monoisotopic (exact) mass is 341 g/mol. The van der Waals surface area contributed by atoms with Crippen LogP contribution in [-0.4, -0.2) is 19.6 Å². The van der Waals surface area contributed by atoms with E-state index < -0.39 is 0 Å². The summed E-state index contributed by atoms with van der Waals surface area (Å²) >= 11 is 0. The van der Waals surface area contributed by atoms with E-state index in [0.29, 0.717) is 5.75 Å². The van der Waals surface area contributed by atoms with Crippen LogP contribution in [0.15, 0.2) is 42.5 Å². The van der Waals surface area contributed by atoms with E-state index in [4.69, 9.17) is 9.47 Å². The summed E-state index contributed by atoms with van der Waals surface area (Å²) in [4.78, 5) is 12.3. The van der Waals surface area contributed by atoms with E-state index in [1.54, 1.807) is 7.11 Å². The zero-order valence-corrected chi connectivity index (χ0v) is 15.6. The Morgan fingerprint density at radius 2 is 1.64 bits per heavy atom. The molecule has 0 heterocycles. The van der Waals surface area contributed by atoms with Crippen molar-refractivity contribution in [3.63, 3.8) is 0 Å². The average molecular weight is 341 g/mol. The third-order valence-electron chi connectivity index (χ3n) is 4.31. The maximum Gasteiger partial charge on any atom is 0.258 e. The van der Waals surface area contributed by atoms with Crippen molar-refractivity contribution in [3.8, 4) is 11.5 Å². The fourth-order valence-corrected chi connectivity index (χ4v) is 2.61. The maximum absolute atomic E-state index is 12.3. The Morgan fingerprint density at radius 1 is 1.00 bits per heavy atom. The van der Waals surface area contributed by atoms with E-state index >= 15 is 0 Å². The lowest BCUT2D eigenvalue weighted by Crippen LogP contribution is -2.35. The lowest BCUT2D eigenvalue weighted by molar-refractivity contribution is -0.124. The number of methoxy groups -OCH3 is 1. The quantitative estimate of drug-likeness (QED) is 0.821. The van der Waals surface area contributed by atoms with Gasteiger partial charge >= 0.3 is 0 Å². The van der Waals surface area contributed by atoms with Gasteiger partial charge in [-0.2, -0.15) is 0 Å². The first kappa shape index (κ1) is 18.8. The maximum atomic E-state index is 12.3. The molecule has 0 aliphatic rings. The highest BCUT2D eigenvalue weighted by Crippen LogP contribution is 2.24. The van der Waals surface area contributed by atoms with Gasteiger partial charge in [0, 0.05) is 0 Å². The van der Waals surface area contributed by atoms with E-state index in [9.17, 15) is 4.79 Å². The summed E-state index contributed by atoms with van der Waals surface area (Å²) in [6, 6.07) is 13.5. The molecule has 0 aliphatic heterocycles. The highest BCUT2D eigenvalue weighted by Gasteiger charge is 2.18. The molecule has 0 spiro atoms. The molecule has 1 amide bonds. The summed E-state index contributed by atoms with van der Waals surface area (Å²) in [5, 5.41) is 3.06. The van der Waals surface area contributed by atoms with E-state index in [1.807, 2.05) is 56.3 Å². The third kappa shape index (κ3) is 5.24. The zero-order chi connectivity index (χ0) is 18.4. The Hall–Kier alpha value is -2.49. The first-order valence-corrected chi connectivity index (χ1v) is 8.54. The van der Waals surface area contributed by atoms with Gasteiger partial charge in [-0.1, -0.05) is 32.0 Å². The van der Waals surface area contributed by atoms with Crippen LogP contribution in [0.25, 0.3) is 0 Å². The standard InChI is InChI=1S/C21H27NO3/c1-14(2)21(17-7-10-18(24-5)11-8-17)22-20(23)13-25-19-9-6-15(3)16(4)12-19/h6-12,14,21H,13H2,1-5H3,(H,22,23). The number of aryl methyl sites for hydroxylation is 2. The predicted molar refractivity (Wildman–Crippen MR) is 100 cm³/mol. The lowest BCUT2D eigenvalue weighted by atomic mass is 9.96. The van der Waals surface area contributed by atoms with Crippen LogP contribution in [0.5, 0.6) is 11.5 Å². The highest BCUT2D eigenvalue weighted by molar-refractivity contribution is 5.78. The van der Waals surface area contributed by atoms with Crippen LogP contribution in [0, 0.1) is 19.8 Å². The third-order valence-corrected chi connectivity index (χ3v) is 4.31. The topological polar surface area (TPSA) is 47.6 Å². The minimum Gasteiger partial charge on any atom is -0.497 e. The summed E-state index contributed by atoms with van der Waals surface area (Å²) in [7, 11) is 1.64. The van der Waals surface area contributed by atoms with Gasteiger partial charge in [-0.05, 0) is 60.7 Å². The molecule has 0 saturated heterocycles. The molecular weight excluding hydrogens is 314 g/mol. The zero-order valence-electron chi connectivity index (χ0n) is 15.6. The van der Waals surface area contributed by atoms with E-state index in [1.165, 1.54) is 5.56 Å². The van der Waals surface area contributed by atoms with Crippen molar-refractivity contribution in [2.75, 3.05) is 13.7 Å². The van der Waals surface area contributed by atoms with Gasteiger partial charge in [-0.3, -0.25) is 4.79 Å². The molecule has 25 heavy (non-hydrogen) atoms. The number of carbonyl (C=O) groups excluding carboxylic acids is 1. The van der Waals surface area contributed by atoms with Crippen LogP contribution in [-0.2, 0) is 4.79 Å². The van der Waals surface area contributed by atoms with Crippen LogP contribution < -0.4 is 14.8 Å². The first-order valence-electron chi connectivity index (χ1n) is 8.54. The van der Waals surface area contributed by atoms with Gasteiger partial charge in [0.25, 0.3) is 5.91 Å². The molecule has 2 rings (SSSR count). The van der Waals surface area contributed by atoms with Crippen molar-refractivity contribution in [2.24, 2.45) is 5.92 Å². The Kier molecular flexibility index (Phi) is 6.45. The van der Waals surface area contributed by atoms with Crippen LogP contribution in [0.1, 0.15) is 36.6 Å². The molecule has 4 heteroatoms. The highest BCUT2D eigenvalue weighted by atomic mass is 16.5. The Labute approximate surface area is 150 Å². The molecule has 2 aromatic carbocycles. The van der Waals surface area contributed by atoms with Crippen molar-refractivity contribution in [1.29, 1.82) is 0 Å². The van der Waals surface area contributed by atoms with Crippen molar-refractivity contribution in [2.45, 2.75) is 33.7 Å². The van der Waals surface area contributed by atoms with Gasteiger partial charge < -0.3 is 14.8 Å². The minimum atomic E-state index is -0.132. The average Bonchev–Trinajstić information content (AvgIpc) is 2.60. The van der Waals surface area contributed by atoms with Crippen LogP contribution in [0.4, 0.5) is 0 Å². The first-order chi connectivity index (χ1) is 11.9. The van der Waals surface area contributed by atoms with Crippen LogP contribution in [0.3, 0.4) is 0 Å². The second-order valence-corrected chi connectivity index (χ2v) is 6.60. The van der Waals surface area contributed by atoms with Crippen molar-refractivity contribution >= 4 is 5.91 Å². The van der Waals surface area contributed by atoms with Crippen molar-refractivity contribution in [1.82, 2.24) is 5.32 Å². The molecule has 0 bridgehead atoms. The van der Waals surface area contributed by atoms with E-state index in [-0.39, 0.29) is 24.5 Å². The normalized spacial score (nSPS) is 11.9. The number of carbonyl (C=O) groups is 1. The molecule has 1 unspecified atom stereocenters. The van der Waals surface area contributed by atoms with Gasteiger partial charge in [0.1, 0.15) is 11.5 Å². The molecule has 1 atom stereocenters. The fourth-order valence-electron chi connectivity index (χ4n) is 2.61. The van der Waals surface area contributed by atoms with Gasteiger partial charge in [0.15, 0.2) is 6.61 Å². The number of benzene rings is 2. The summed E-state index contributed by atoms with van der Waals surface area (Å²) in [6.07, 6.45) is 0. The van der Waals surface area contributed by atoms with Crippen LogP contribution >= 0.6 is 0 Å². The summed E-state index contributed by atoms with van der Waals surface area (Å²) in [5.41, 5.74) is 3.41. The van der Waals surface area contributed by atoms with E-state index in [0.717, 1.165) is 16.9 Å². The molecule has 0 saturated carbocycles. The molecule has 134 valence electrons. The number of ether oxygens (including phenoxy) is 2. The molecule has 0 radical (unpaired) electrons. The number of rotatable bonds is 7. The lowest BCUT2D eigenvalue weighted by Gasteiger charge is -2.23. The SMILES string of the molecule is COc1ccc(C(NC(=O)COc2ccc(C)c(C)c2)C(C)C)cc1. The van der Waals surface area contributed by atoms with Gasteiger partial charge in [0.2, 0.25) is 0 Å². The number of hydrogen-bond acceptors (Lipinski definition) is 3. The Bertz CT molecular complexity index is 708. The second-order valence-electron chi connectivity index (χ2n) is 6.60. The molecule has 0 fully saturated rings. The largest absolute Gasteiger partial charge is 0.497 e. The predicted octanol–water partition coefficient (Wildman–Crippen LogP) is 4.20. The van der Waals surface area contributed by atoms with Gasteiger partial charge in [0.05, 0.1) is 13.2 Å². The molecule has 0 aliphatic carbocycles. The second kappa shape index (κ2) is 8.56. The fraction of sp³-hybridized carbons (Fsp3) is 0.381. The summed E-state index contributed by atoms with van der Waals surface area (Å²) in [6.45, 7) is 8.25. The van der Waals surface area contributed by atoms with Gasteiger partial charge in [-0.15, -0.1) is 0 Å². The summed E-state index contributed by atoms with van der Waals surface area (Å²) in [5.74, 6) is 1.64. The van der Waals surface area contributed by atoms with Crippen molar-refractivity contribution < 1.29 is 14.3 Å². The van der Waals surface area contributed by atoms with Crippen LogP contribution in [0.2, 0.25) is 0 Å². The smallest absolute Gasteiger partial charge is 0.258 e.